The van der Waals surface area contributed by atoms with E-state index in [9.17, 15) is 0 Å². The molecule has 0 amide bonds. The van der Waals surface area contributed by atoms with Crippen molar-refractivity contribution >= 4 is 0 Å². The fourth-order valence-electron chi connectivity index (χ4n) is 1.75. The van der Waals surface area contributed by atoms with Crippen molar-refractivity contribution in [1.82, 2.24) is 0 Å². The Morgan fingerprint density at radius 2 is 1.85 bits per heavy atom. The summed E-state index contributed by atoms with van der Waals surface area (Å²) in [4.78, 5) is 0. The summed E-state index contributed by atoms with van der Waals surface area (Å²) in [5, 5.41) is 0. The van der Waals surface area contributed by atoms with Gasteiger partial charge in [0.05, 0.1) is 0 Å². The molecule has 0 aliphatic heterocycles. The Kier molecular flexibility index (Phi) is 5.45. The Balaban J connectivity index is 5.04. The van der Waals surface area contributed by atoms with E-state index in [0.717, 1.165) is 6.42 Å². The minimum atomic E-state index is 0.584. The summed E-state index contributed by atoms with van der Waals surface area (Å²) in [6.45, 7) is 14.8. The lowest BCUT2D eigenvalue weighted by molar-refractivity contribution is 0.767. The molecule has 0 radical (unpaired) electrons. The van der Waals surface area contributed by atoms with Crippen LogP contribution in [0.1, 0.15) is 41.0 Å². The van der Waals surface area contributed by atoms with E-state index in [0.29, 0.717) is 5.92 Å². The number of hydrogen-bond acceptors (Lipinski definition) is 0. The van der Waals surface area contributed by atoms with E-state index in [-0.39, 0.29) is 0 Å². The molecule has 0 N–H and O–H groups in total. The van der Waals surface area contributed by atoms with Crippen LogP contribution in [0.4, 0.5) is 0 Å². The lowest BCUT2D eigenvalue weighted by Gasteiger charge is -2.14. The summed E-state index contributed by atoms with van der Waals surface area (Å²) in [7, 11) is 0. The van der Waals surface area contributed by atoms with E-state index in [1.54, 1.807) is 0 Å². The molecule has 0 bridgehead atoms. The molecule has 0 heterocycles. The summed E-state index contributed by atoms with van der Waals surface area (Å²) >= 11 is 0. The van der Waals surface area contributed by atoms with E-state index in [4.69, 9.17) is 0 Å². The van der Waals surface area contributed by atoms with E-state index in [1.165, 1.54) is 16.7 Å². The monoisotopic (exact) mass is 178 g/mol. The first kappa shape index (κ1) is 12.2. The van der Waals surface area contributed by atoms with Crippen LogP contribution in [-0.4, -0.2) is 0 Å². The SMILES string of the molecule is C=C/C(C)=C(\C(C)=C/CC)C(C)C. The first-order valence-corrected chi connectivity index (χ1v) is 5.04. The number of rotatable bonds is 4. The van der Waals surface area contributed by atoms with Crippen molar-refractivity contribution in [3.05, 3.63) is 35.5 Å². The highest BCUT2D eigenvalue weighted by Gasteiger charge is 2.07. The molecule has 0 aromatic heterocycles. The van der Waals surface area contributed by atoms with Crippen LogP contribution in [0.2, 0.25) is 0 Å². The first-order chi connectivity index (χ1) is 6.04. The van der Waals surface area contributed by atoms with Crippen LogP contribution in [-0.2, 0) is 0 Å². The molecule has 74 valence electrons. The maximum atomic E-state index is 3.82. The van der Waals surface area contributed by atoms with Crippen molar-refractivity contribution in [3.63, 3.8) is 0 Å². The summed E-state index contributed by atoms with van der Waals surface area (Å²) in [6, 6.07) is 0. The van der Waals surface area contributed by atoms with Gasteiger partial charge in [0.15, 0.2) is 0 Å². The van der Waals surface area contributed by atoms with Crippen molar-refractivity contribution < 1.29 is 0 Å². The summed E-state index contributed by atoms with van der Waals surface area (Å²) < 4.78 is 0. The van der Waals surface area contributed by atoms with E-state index in [1.807, 2.05) is 6.08 Å². The van der Waals surface area contributed by atoms with Crippen molar-refractivity contribution in [2.24, 2.45) is 5.92 Å². The van der Waals surface area contributed by atoms with Gasteiger partial charge in [0.25, 0.3) is 0 Å². The van der Waals surface area contributed by atoms with E-state index >= 15 is 0 Å². The molecule has 0 rings (SSSR count). The molecule has 0 fully saturated rings. The number of allylic oxidation sites excluding steroid dienone is 5. The van der Waals surface area contributed by atoms with Crippen LogP contribution >= 0.6 is 0 Å². The average Bonchev–Trinajstić information content (AvgIpc) is 2.04. The third-order valence-electron chi connectivity index (χ3n) is 2.24. The minimum absolute atomic E-state index is 0.584. The van der Waals surface area contributed by atoms with Crippen LogP contribution < -0.4 is 0 Å². The first-order valence-electron chi connectivity index (χ1n) is 5.04. The Hall–Kier alpha value is -0.780. The summed E-state index contributed by atoms with van der Waals surface area (Å²) in [5.41, 5.74) is 4.14. The van der Waals surface area contributed by atoms with Crippen molar-refractivity contribution in [1.29, 1.82) is 0 Å². The smallest absolute Gasteiger partial charge is 0.0214 e. The van der Waals surface area contributed by atoms with Crippen LogP contribution in [0.3, 0.4) is 0 Å². The van der Waals surface area contributed by atoms with Gasteiger partial charge in [0.2, 0.25) is 0 Å². The standard InChI is InChI=1S/C13H22/c1-7-9-12(6)13(10(3)4)11(5)8-2/h8-10H,2,7H2,1,3-6H3/b12-9-,13-11-. The molecule has 0 saturated heterocycles. The minimum Gasteiger partial charge on any atom is -0.0988 e. The molecule has 0 aromatic carbocycles. The van der Waals surface area contributed by atoms with Gasteiger partial charge >= 0.3 is 0 Å². The van der Waals surface area contributed by atoms with Gasteiger partial charge in [-0.15, -0.1) is 0 Å². The lowest BCUT2D eigenvalue weighted by atomic mass is 9.91. The zero-order chi connectivity index (χ0) is 10.4. The molecule has 0 spiro atoms. The van der Waals surface area contributed by atoms with Gasteiger partial charge in [-0.3, -0.25) is 0 Å². The second-order valence-corrected chi connectivity index (χ2v) is 3.75. The molecule has 13 heavy (non-hydrogen) atoms. The van der Waals surface area contributed by atoms with E-state index in [2.05, 4.69) is 47.3 Å². The topological polar surface area (TPSA) is 0 Å². The summed E-state index contributed by atoms with van der Waals surface area (Å²) in [6.07, 6.45) is 5.33. The molecular weight excluding hydrogens is 156 g/mol. The Labute approximate surface area is 83.0 Å². The molecule has 0 aromatic rings. The molecule has 0 heteroatoms. The highest BCUT2D eigenvalue weighted by atomic mass is 14.1. The van der Waals surface area contributed by atoms with Gasteiger partial charge in [0, 0.05) is 0 Å². The predicted octanol–water partition coefficient (Wildman–Crippen LogP) is 4.50. The van der Waals surface area contributed by atoms with Crippen LogP contribution in [0, 0.1) is 5.92 Å². The van der Waals surface area contributed by atoms with E-state index < -0.39 is 0 Å². The normalized spacial score (nSPS) is 14.5. The van der Waals surface area contributed by atoms with Gasteiger partial charge in [-0.2, -0.15) is 0 Å². The average molecular weight is 178 g/mol. The van der Waals surface area contributed by atoms with Gasteiger partial charge < -0.3 is 0 Å². The molecule has 0 saturated carbocycles. The predicted molar refractivity (Wildman–Crippen MR) is 61.8 cm³/mol. The van der Waals surface area contributed by atoms with Crippen molar-refractivity contribution in [3.8, 4) is 0 Å². The van der Waals surface area contributed by atoms with Gasteiger partial charge in [-0.1, -0.05) is 45.1 Å². The van der Waals surface area contributed by atoms with Gasteiger partial charge in [-0.05, 0) is 37.3 Å². The van der Waals surface area contributed by atoms with Crippen molar-refractivity contribution in [2.45, 2.75) is 41.0 Å². The van der Waals surface area contributed by atoms with Gasteiger partial charge in [0.1, 0.15) is 0 Å². The highest BCUT2D eigenvalue weighted by molar-refractivity contribution is 5.38. The number of hydrogen-bond donors (Lipinski definition) is 0. The largest absolute Gasteiger partial charge is 0.0988 e. The third-order valence-corrected chi connectivity index (χ3v) is 2.24. The maximum absolute atomic E-state index is 3.82. The molecule has 0 aliphatic rings. The quantitative estimate of drug-likeness (QED) is 0.556. The molecule has 0 aliphatic carbocycles. The van der Waals surface area contributed by atoms with Crippen LogP contribution in [0.5, 0.6) is 0 Å². The van der Waals surface area contributed by atoms with Crippen molar-refractivity contribution in [2.75, 3.05) is 0 Å². The van der Waals surface area contributed by atoms with Gasteiger partial charge in [-0.25, -0.2) is 0 Å². The van der Waals surface area contributed by atoms with Crippen LogP contribution in [0.15, 0.2) is 35.5 Å². The Morgan fingerprint density at radius 1 is 1.31 bits per heavy atom. The lowest BCUT2D eigenvalue weighted by Crippen LogP contribution is -1.98. The fourth-order valence-corrected chi connectivity index (χ4v) is 1.75. The maximum Gasteiger partial charge on any atom is -0.0214 e. The zero-order valence-corrected chi connectivity index (χ0v) is 9.65. The third kappa shape index (κ3) is 3.63. The Morgan fingerprint density at radius 3 is 2.15 bits per heavy atom. The zero-order valence-electron chi connectivity index (χ0n) is 9.65. The van der Waals surface area contributed by atoms with Crippen LogP contribution in [0.25, 0.3) is 0 Å². The summed E-state index contributed by atoms with van der Waals surface area (Å²) in [5.74, 6) is 0.584. The second-order valence-electron chi connectivity index (χ2n) is 3.75. The molecule has 0 nitrogen and oxygen atoms in total. The molecule has 0 atom stereocenters. The molecular formula is C13H22. The fraction of sp³-hybridized carbons (Fsp3) is 0.538. The Bertz CT molecular complexity index is 226. The second kappa shape index (κ2) is 5.80. The highest BCUT2D eigenvalue weighted by Crippen LogP contribution is 2.23. The molecule has 0 unspecified atom stereocenters.